The Kier molecular flexibility index (Phi) is 8.26. The zero-order chi connectivity index (χ0) is 24.9. The van der Waals surface area contributed by atoms with E-state index in [9.17, 15) is 9.59 Å². The zero-order valence-corrected chi connectivity index (χ0v) is 21.6. The fraction of sp³-hybridized carbons (Fsp3) is 0.423. The van der Waals surface area contributed by atoms with Crippen molar-refractivity contribution in [3.8, 4) is 5.75 Å². The van der Waals surface area contributed by atoms with Crippen LogP contribution < -0.4 is 15.0 Å². The summed E-state index contributed by atoms with van der Waals surface area (Å²) in [6.45, 7) is 5.73. The molecule has 2 aromatic rings. The first-order chi connectivity index (χ1) is 16.9. The lowest BCUT2D eigenvalue weighted by molar-refractivity contribution is -0.124. The molecule has 2 aliphatic rings. The Labute approximate surface area is 217 Å². The van der Waals surface area contributed by atoms with E-state index in [0.717, 1.165) is 25.6 Å². The summed E-state index contributed by atoms with van der Waals surface area (Å²) in [5.41, 5.74) is 1.26. The molecule has 0 aromatic heterocycles. The average molecular weight is 515 g/mol. The molecule has 0 aliphatic carbocycles. The van der Waals surface area contributed by atoms with Crippen LogP contribution in [0.2, 0.25) is 5.02 Å². The first kappa shape index (κ1) is 25.4. The summed E-state index contributed by atoms with van der Waals surface area (Å²) < 4.78 is 5.17. The molecule has 1 atom stereocenters. The molecule has 4 rings (SSSR count). The van der Waals surface area contributed by atoms with Crippen molar-refractivity contribution in [3.05, 3.63) is 53.6 Å². The molecule has 2 heterocycles. The quantitative estimate of drug-likeness (QED) is 0.526. The minimum Gasteiger partial charge on any atom is -0.497 e. The summed E-state index contributed by atoms with van der Waals surface area (Å²) in [5, 5.41) is 3.81. The highest BCUT2D eigenvalue weighted by atomic mass is 35.5. The normalized spacial score (nSPS) is 19.3. The fourth-order valence-corrected chi connectivity index (χ4v) is 5.14. The average Bonchev–Trinajstić information content (AvgIpc) is 3.07. The van der Waals surface area contributed by atoms with Crippen molar-refractivity contribution in [2.24, 2.45) is 5.92 Å². The maximum atomic E-state index is 13.5. The Morgan fingerprint density at radius 1 is 1.14 bits per heavy atom. The van der Waals surface area contributed by atoms with E-state index in [-0.39, 0.29) is 18.2 Å². The van der Waals surface area contributed by atoms with Gasteiger partial charge in [-0.05, 0) is 86.5 Å². The summed E-state index contributed by atoms with van der Waals surface area (Å²) in [6.07, 6.45) is 2.34. The highest BCUT2D eigenvalue weighted by molar-refractivity contribution is 7.80. The maximum absolute atomic E-state index is 13.5. The molecule has 0 bridgehead atoms. The second-order valence-electron chi connectivity index (χ2n) is 9.15. The van der Waals surface area contributed by atoms with Gasteiger partial charge in [-0.1, -0.05) is 24.6 Å². The van der Waals surface area contributed by atoms with Gasteiger partial charge in [-0.2, -0.15) is 0 Å². The molecule has 9 heteroatoms. The van der Waals surface area contributed by atoms with Gasteiger partial charge in [0.05, 0.1) is 19.2 Å². The number of thiocarbonyl (C=S) groups is 1. The Hall–Kier alpha value is -2.68. The van der Waals surface area contributed by atoms with E-state index in [2.05, 4.69) is 17.1 Å². The van der Waals surface area contributed by atoms with Crippen molar-refractivity contribution in [3.63, 3.8) is 0 Å². The van der Waals surface area contributed by atoms with Gasteiger partial charge in [0.1, 0.15) is 11.8 Å². The molecule has 186 valence electrons. The van der Waals surface area contributed by atoms with Crippen LogP contribution in [-0.4, -0.2) is 66.1 Å². The summed E-state index contributed by atoms with van der Waals surface area (Å²) in [6, 6.07) is 13.5. The van der Waals surface area contributed by atoms with Crippen LogP contribution in [0, 0.1) is 5.92 Å². The Morgan fingerprint density at radius 3 is 2.51 bits per heavy atom. The van der Waals surface area contributed by atoms with Gasteiger partial charge in [-0.15, -0.1) is 0 Å². The topological polar surface area (TPSA) is 65.1 Å². The van der Waals surface area contributed by atoms with Gasteiger partial charge in [-0.25, -0.2) is 0 Å². The fourth-order valence-electron chi connectivity index (χ4n) is 4.54. The van der Waals surface area contributed by atoms with Gasteiger partial charge >= 0.3 is 0 Å². The maximum Gasteiger partial charge on any atom is 0.256 e. The van der Waals surface area contributed by atoms with Crippen LogP contribution in [0.1, 0.15) is 26.2 Å². The lowest BCUT2D eigenvalue weighted by Gasteiger charge is -2.32. The molecule has 0 radical (unpaired) electrons. The number of ether oxygens (including phenoxy) is 1. The van der Waals surface area contributed by atoms with Gasteiger partial charge in [0.2, 0.25) is 5.91 Å². The third kappa shape index (κ3) is 6.12. The number of halogens is 1. The van der Waals surface area contributed by atoms with Crippen molar-refractivity contribution in [1.82, 2.24) is 9.80 Å². The first-order valence-corrected chi connectivity index (χ1v) is 12.7. The van der Waals surface area contributed by atoms with E-state index in [1.54, 1.807) is 55.6 Å². The summed E-state index contributed by atoms with van der Waals surface area (Å²) >= 11 is 11.9. The number of carbonyl (C=O) groups excluding carboxylic acids is 2. The lowest BCUT2D eigenvalue weighted by atomic mass is 9.99. The predicted octanol–water partition coefficient (Wildman–Crippen LogP) is 4.41. The highest BCUT2D eigenvalue weighted by Gasteiger charge is 2.44. The van der Waals surface area contributed by atoms with Crippen molar-refractivity contribution in [1.29, 1.82) is 0 Å². The van der Waals surface area contributed by atoms with Crippen LogP contribution in [0.4, 0.5) is 11.4 Å². The van der Waals surface area contributed by atoms with Crippen LogP contribution in [0.5, 0.6) is 5.75 Å². The van der Waals surface area contributed by atoms with E-state index in [4.69, 9.17) is 28.6 Å². The minimum atomic E-state index is -0.677. The monoisotopic (exact) mass is 514 g/mol. The van der Waals surface area contributed by atoms with Gasteiger partial charge in [0, 0.05) is 23.8 Å². The number of hydrogen-bond donors (Lipinski definition) is 1. The number of hydrogen-bond acceptors (Lipinski definition) is 5. The molecule has 2 fully saturated rings. The molecular formula is C26H31ClN4O3S. The summed E-state index contributed by atoms with van der Waals surface area (Å²) in [4.78, 5) is 32.3. The van der Waals surface area contributed by atoms with Crippen LogP contribution in [0.25, 0.3) is 0 Å². The number of nitrogens with one attached hydrogen (secondary N) is 1. The van der Waals surface area contributed by atoms with Crippen molar-refractivity contribution in [2.75, 3.05) is 43.5 Å². The molecule has 1 N–H and O–H groups in total. The van der Waals surface area contributed by atoms with Crippen LogP contribution in [0.15, 0.2) is 48.5 Å². The van der Waals surface area contributed by atoms with Crippen LogP contribution in [0.3, 0.4) is 0 Å². The molecule has 2 saturated heterocycles. The van der Waals surface area contributed by atoms with E-state index < -0.39 is 6.04 Å². The third-order valence-corrected chi connectivity index (χ3v) is 7.32. The van der Waals surface area contributed by atoms with Gasteiger partial charge in [0.25, 0.3) is 5.91 Å². The number of rotatable bonds is 8. The van der Waals surface area contributed by atoms with Crippen molar-refractivity contribution >= 4 is 52.1 Å². The smallest absolute Gasteiger partial charge is 0.256 e. The molecule has 2 aromatic carbocycles. The number of benzene rings is 2. The van der Waals surface area contributed by atoms with Gasteiger partial charge in [0.15, 0.2) is 5.11 Å². The second-order valence-corrected chi connectivity index (χ2v) is 9.95. The molecule has 0 unspecified atom stereocenters. The molecule has 0 saturated carbocycles. The zero-order valence-electron chi connectivity index (χ0n) is 20.1. The predicted molar refractivity (Wildman–Crippen MR) is 143 cm³/mol. The first-order valence-electron chi connectivity index (χ1n) is 11.9. The molecule has 0 spiro atoms. The number of carbonyl (C=O) groups is 2. The van der Waals surface area contributed by atoms with E-state index in [1.165, 1.54) is 17.7 Å². The number of likely N-dealkylation sites (tertiary alicyclic amines) is 1. The summed E-state index contributed by atoms with van der Waals surface area (Å²) in [5.74, 6) is 0.985. The van der Waals surface area contributed by atoms with E-state index >= 15 is 0 Å². The van der Waals surface area contributed by atoms with Gasteiger partial charge < -0.3 is 19.9 Å². The largest absolute Gasteiger partial charge is 0.497 e. The number of anilines is 2. The number of nitrogens with zero attached hydrogens (tertiary/aromatic N) is 3. The van der Waals surface area contributed by atoms with Gasteiger partial charge in [-0.3, -0.25) is 14.5 Å². The number of methoxy groups -OCH3 is 1. The molecule has 7 nitrogen and oxygen atoms in total. The number of piperidine rings is 1. The Balaban J connectivity index is 1.50. The SMILES string of the molecule is COc1ccc(NC(=O)C[C@H]2C(=O)N(c3cccc(Cl)c3)C(=S)N2CCN2CCC(C)CC2)cc1. The standard InChI is InChI=1S/C26H31ClN4O3S/c1-18-10-12-29(13-11-18)14-15-30-23(17-24(32)28-20-6-8-22(34-2)9-7-20)25(33)31(26(30)35)21-5-3-4-19(27)16-21/h3-9,16,18,23H,10-15,17H2,1-2H3,(H,28,32)/t23-/m0/s1. The van der Waals surface area contributed by atoms with Crippen molar-refractivity contribution < 1.29 is 14.3 Å². The Morgan fingerprint density at radius 2 is 1.86 bits per heavy atom. The molecule has 35 heavy (non-hydrogen) atoms. The minimum absolute atomic E-state index is 0.000891. The van der Waals surface area contributed by atoms with E-state index in [0.29, 0.717) is 33.8 Å². The molecular weight excluding hydrogens is 484 g/mol. The molecule has 2 aliphatic heterocycles. The summed E-state index contributed by atoms with van der Waals surface area (Å²) in [7, 11) is 1.59. The molecule has 2 amide bonds. The highest BCUT2D eigenvalue weighted by Crippen LogP contribution is 2.29. The Bertz CT molecular complexity index is 1070. The second kappa shape index (κ2) is 11.4. The van der Waals surface area contributed by atoms with Crippen LogP contribution >= 0.6 is 23.8 Å². The lowest BCUT2D eigenvalue weighted by Crippen LogP contribution is -2.44. The van der Waals surface area contributed by atoms with E-state index in [1.807, 2.05) is 4.90 Å². The number of amides is 2. The van der Waals surface area contributed by atoms with Crippen LogP contribution in [-0.2, 0) is 9.59 Å². The van der Waals surface area contributed by atoms with Crippen molar-refractivity contribution in [2.45, 2.75) is 32.2 Å². The third-order valence-electron chi connectivity index (χ3n) is 6.67.